The lowest BCUT2D eigenvalue weighted by Crippen LogP contribution is -2.63. The molecule has 0 unspecified atom stereocenters. The van der Waals surface area contributed by atoms with Crippen LogP contribution in [0, 0.1) is 17.8 Å². The van der Waals surface area contributed by atoms with Crippen LogP contribution in [0.25, 0.3) is 0 Å². The quantitative estimate of drug-likeness (QED) is 0.604. The fraction of sp³-hybridized carbons (Fsp3) is 0.552. The number of rotatable bonds is 5. The van der Waals surface area contributed by atoms with Gasteiger partial charge in [0.05, 0.1) is 6.04 Å². The maximum Gasteiger partial charge on any atom is 0.169 e. The van der Waals surface area contributed by atoms with Gasteiger partial charge in [-0.1, -0.05) is 60.7 Å². The van der Waals surface area contributed by atoms with Crippen molar-refractivity contribution in [2.24, 2.45) is 23.5 Å². The summed E-state index contributed by atoms with van der Waals surface area (Å²) in [6.45, 7) is 3.87. The molecule has 3 N–H and O–H groups in total. The lowest BCUT2D eigenvalue weighted by atomic mass is 9.53. The molecule has 4 nitrogen and oxygen atoms in total. The number of hydrogen-bond donors (Lipinski definition) is 2. The Labute approximate surface area is 209 Å². The van der Waals surface area contributed by atoms with Crippen LogP contribution in [0.2, 0.25) is 0 Å². The summed E-state index contributed by atoms with van der Waals surface area (Å²) in [5, 5.41) is 4.92. The van der Waals surface area contributed by atoms with Gasteiger partial charge in [-0.15, -0.1) is 0 Å². The smallest absolute Gasteiger partial charge is 0.169 e. The predicted octanol–water partition coefficient (Wildman–Crippen LogP) is 4.89. The molecule has 2 atom stereocenters. The van der Waals surface area contributed by atoms with Crippen molar-refractivity contribution in [3.63, 3.8) is 0 Å². The van der Waals surface area contributed by atoms with E-state index in [1.54, 1.807) is 0 Å². The number of benzene rings is 2. The molecule has 180 valence electrons. The average molecular weight is 475 g/mol. The summed E-state index contributed by atoms with van der Waals surface area (Å²) in [6, 6.07) is 21.4. The molecule has 1 heterocycles. The minimum Gasteiger partial charge on any atom is -0.357 e. The summed E-state index contributed by atoms with van der Waals surface area (Å²) in [6.07, 6.45) is 8.40. The Morgan fingerprint density at radius 2 is 1.29 bits per heavy atom. The highest BCUT2D eigenvalue weighted by atomic mass is 32.1. The van der Waals surface area contributed by atoms with Gasteiger partial charge in [0.2, 0.25) is 0 Å². The van der Waals surface area contributed by atoms with Crippen molar-refractivity contribution in [2.45, 2.75) is 56.1 Å². The fourth-order valence-electron chi connectivity index (χ4n) is 7.93. The highest BCUT2D eigenvalue weighted by Crippen LogP contribution is 2.55. The zero-order chi connectivity index (χ0) is 23.1. The lowest BCUT2D eigenvalue weighted by molar-refractivity contribution is -0.0117. The molecule has 1 saturated heterocycles. The molecule has 4 bridgehead atoms. The first-order valence-electron chi connectivity index (χ1n) is 13.3. The molecule has 0 radical (unpaired) electrons. The minimum absolute atomic E-state index is 0.0627. The maximum atomic E-state index is 6.90. The summed E-state index contributed by atoms with van der Waals surface area (Å²) < 4.78 is 0. The Balaban J connectivity index is 1.13. The van der Waals surface area contributed by atoms with Gasteiger partial charge in [-0.05, 0) is 79.6 Å². The van der Waals surface area contributed by atoms with Gasteiger partial charge in [0.25, 0.3) is 0 Å². The van der Waals surface area contributed by atoms with Crippen LogP contribution in [0.15, 0.2) is 60.7 Å². The van der Waals surface area contributed by atoms with Crippen molar-refractivity contribution in [2.75, 3.05) is 26.2 Å². The Hall–Kier alpha value is -1.95. The molecule has 0 spiro atoms. The molecule has 0 amide bonds. The number of nitrogens with one attached hydrogen (secondary N) is 1. The van der Waals surface area contributed by atoms with Crippen molar-refractivity contribution < 1.29 is 0 Å². The molecule has 5 aliphatic rings. The summed E-state index contributed by atoms with van der Waals surface area (Å²) in [7, 11) is 0. The first-order chi connectivity index (χ1) is 16.6. The molecule has 34 heavy (non-hydrogen) atoms. The van der Waals surface area contributed by atoms with Crippen LogP contribution in [-0.2, 0) is 0 Å². The Morgan fingerprint density at radius 3 is 1.82 bits per heavy atom. The van der Waals surface area contributed by atoms with Crippen molar-refractivity contribution in [3.05, 3.63) is 71.8 Å². The van der Waals surface area contributed by atoms with E-state index in [1.165, 1.54) is 49.7 Å². The summed E-state index contributed by atoms with van der Waals surface area (Å²) in [4.78, 5) is 4.98. The molecule has 5 heteroatoms. The minimum atomic E-state index is -0.0627. The van der Waals surface area contributed by atoms with Crippen LogP contribution >= 0.6 is 12.2 Å². The van der Waals surface area contributed by atoms with E-state index in [0.717, 1.165) is 49.0 Å². The van der Waals surface area contributed by atoms with Crippen LogP contribution in [0.1, 0.15) is 61.7 Å². The molecule has 4 aliphatic carbocycles. The second kappa shape index (κ2) is 9.25. The predicted molar refractivity (Wildman–Crippen MR) is 142 cm³/mol. The van der Waals surface area contributed by atoms with Crippen molar-refractivity contribution in [1.82, 2.24) is 15.1 Å². The van der Waals surface area contributed by atoms with Gasteiger partial charge in [0.1, 0.15) is 0 Å². The van der Waals surface area contributed by atoms with E-state index in [2.05, 4.69) is 75.8 Å². The first kappa shape index (κ1) is 22.5. The summed E-state index contributed by atoms with van der Waals surface area (Å²) in [5.41, 5.74) is 9.67. The van der Waals surface area contributed by atoms with E-state index in [0.29, 0.717) is 0 Å². The number of thiocarbonyl (C=S) groups is 1. The Kier molecular flexibility index (Phi) is 6.13. The Bertz CT molecular complexity index is 950. The highest BCUT2D eigenvalue weighted by Gasteiger charge is 2.51. The van der Waals surface area contributed by atoms with E-state index in [4.69, 9.17) is 18.0 Å². The number of hydrogen-bond acceptors (Lipinski definition) is 3. The zero-order valence-corrected chi connectivity index (χ0v) is 20.9. The van der Waals surface area contributed by atoms with Gasteiger partial charge in [-0.2, -0.15) is 0 Å². The van der Waals surface area contributed by atoms with Crippen molar-refractivity contribution in [1.29, 1.82) is 0 Å². The molecule has 1 aliphatic heterocycles. The second-order valence-electron chi connectivity index (χ2n) is 11.4. The molecule has 2 aromatic carbocycles. The van der Waals surface area contributed by atoms with Crippen LogP contribution in [-0.4, -0.2) is 46.6 Å². The van der Waals surface area contributed by atoms with E-state index in [9.17, 15) is 0 Å². The van der Waals surface area contributed by atoms with Gasteiger partial charge < -0.3 is 16.0 Å². The zero-order valence-electron chi connectivity index (χ0n) is 20.1. The Morgan fingerprint density at radius 1 is 0.794 bits per heavy atom. The first-order valence-corrected chi connectivity index (χ1v) is 13.7. The fourth-order valence-corrected chi connectivity index (χ4v) is 8.32. The van der Waals surface area contributed by atoms with E-state index < -0.39 is 0 Å². The molecule has 7 rings (SSSR count). The highest BCUT2D eigenvalue weighted by molar-refractivity contribution is 7.80. The third kappa shape index (κ3) is 4.38. The molecular formula is C29H38N4S. The van der Waals surface area contributed by atoms with Gasteiger partial charge in [0.15, 0.2) is 5.11 Å². The molecule has 4 saturated carbocycles. The molecular weight excluding hydrogens is 436 g/mol. The van der Waals surface area contributed by atoms with Crippen LogP contribution in [0.4, 0.5) is 0 Å². The topological polar surface area (TPSA) is 44.5 Å². The molecule has 5 fully saturated rings. The van der Waals surface area contributed by atoms with Gasteiger partial charge >= 0.3 is 0 Å². The normalized spacial score (nSPS) is 32.4. The van der Waals surface area contributed by atoms with E-state index in [-0.39, 0.29) is 17.6 Å². The molecule has 0 aromatic heterocycles. The largest absolute Gasteiger partial charge is 0.357 e. The van der Waals surface area contributed by atoms with Gasteiger partial charge in [-0.3, -0.25) is 4.90 Å². The van der Waals surface area contributed by atoms with Gasteiger partial charge in [-0.25, -0.2) is 0 Å². The average Bonchev–Trinajstić information content (AvgIpc) is 2.85. The number of nitrogens with zero attached hydrogens (tertiary/aromatic N) is 2. The third-order valence-corrected chi connectivity index (χ3v) is 9.43. The van der Waals surface area contributed by atoms with Crippen LogP contribution < -0.4 is 11.1 Å². The molecule has 2 aromatic rings. The summed E-state index contributed by atoms with van der Waals surface area (Å²) >= 11 is 6.01. The van der Waals surface area contributed by atoms with Crippen molar-refractivity contribution >= 4 is 17.3 Å². The maximum absolute atomic E-state index is 6.90. The monoisotopic (exact) mass is 474 g/mol. The van der Waals surface area contributed by atoms with Gasteiger partial charge in [0, 0.05) is 37.8 Å². The van der Waals surface area contributed by atoms with E-state index >= 15 is 0 Å². The van der Waals surface area contributed by atoms with Crippen LogP contribution in [0.3, 0.4) is 0 Å². The number of piperazine rings is 1. The standard InChI is InChI=1S/C29H38N4S/c30-26(24-7-3-1-4-8-24)27(25-9-5-2-6-10-25)32-11-13-33(14-12-32)28(34)31-29-18-21-15-22(19-29)17-23(16-21)20-29/h1-10,21-23,26-27H,11-20,30H2,(H,31,34)/t21?,22?,23?,26-,27+,29?/m0/s1. The van der Waals surface area contributed by atoms with Crippen molar-refractivity contribution in [3.8, 4) is 0 Å². The van der Waals surface area contributed by atoms with E-state index in [1.807, 2.05) is 0 Å². The lowest BCUT2D eigenvalue weighted by Gasteiger charge is -2.57. The summed E-state index contributed by atoms with van der Waals surface area (Å²) in [5.74, 6) is 2.80. The van der Waals surface area contributed by atoms with Crippen LogP contribution in [0.5, 0.6) is 0 Å². The number of nitrogens with two attached hydrogens (primary N) is 1. The third-order valence-electron chi connectivity index (χ3n) is 9.07. The SMILES string of the molecule is N[C@@H](c1ccccc1)[C@@H](c1ccccc1)N1CCN(C(=S)NC23CC4CC(CC(C4)C2)C3)CC1. The second-order valence-corrected chi connectivity index (χ2v) is 11.8.